The highest BCUT2D eigenvalue weighted by atomic mass is 32.1. The number of rotatable bonds is 7. The second-order valence-corrected chi connectivity index (χ2v) is 6.83. The van der Waals surface area contributed by atoms with Crippen LogP contribution in [0.4, 0.5) is 5.69 Å². The molecule has 0 fully saturated rings. The number of aromatic nitrogens is 2. The maximum atomic E-state index is 12.1. The summed E-state index contributed by atoms with van der Waals surface area (Å²) < 4.78 is 10.3. The van der Waals surface area contributed by atoms with Gasteiger partial charge in [0.15, 0.2) is 6.61 Å². The van der Waals surface area contributed by atoms with Gasteiger partial charge < -0.3 is 14.8 Å². The number of hydrogen-bond donors (Lipinski definition) is 1. The van der Waals surface area contributed by atoms with E-state index in [0.29, 0.717) is 17.1 Å². The van der Waals surface area contributed by atoms with E-state index in [1.165, 1.54) is 18.4 Å². The molecule has 0 saturated carbocycles. The second-order valence-electron chi connectivity index (χ2n) is 5.98. The Morgan fingerprint density at radius 1 is 1.25 bits per heavy atom. The molecule has 0 radical (unpaired) electrons. The summed E-state index contributed by atoms with van der Waals surface area (Å²) in [6.07, 6.45) is 3.40. The van der Waals surface area contributed by atoms with Gasteiger partial charge in [-0.15, -0.1) is 11.3 Å². The quantitative estimate of drug-likeness (QED) is 0.616. The molecule has 0 aliphatic heterocycles. The van der Waals surface area contributed by atoms with Crippen molar-refractivity contribution < 1.29 is 19.1 Å². The Kier molecular flexibility index (Phi) is 6.33. The summed E-state index contributed by atoms with van der Waals surface area (Å²) in [5, 5.41) is 5.26. The zero-order chi connectivity index (χ0) is 19.9. The van der Waals surface area contributed by atoms with Crippen LogP contribution in [0.15, 0.2) is 48.1 Å². The van der Waals surface area contributed by atoms with Crippen LogP contribution >= 0.6 is 11.3 Å². The van der Waals surface area contributed by atoms with Crippen LogP contribution in [0.25, 0.3) is 10.6 Å². The standard InChI is InChI=1S/C20H19N3O4S/c1-13-5-6-17(26-2)16(8-13)23-18(24)11-27-19(25)9-15-12-28-20(22-15)14-4-3-7-21-10-14/h3-8,10,12H,9,11H2,1-2H3,(H,23,24). The summed E-state index contributed by atoms with van der Waals surface area (Å²) >= 11 is 1.42. The minimum atomic E-state index is -0.519. The van der Waals surface area contributed by atoms with Crippen molar-refractivity contribution in [1.82, 2.24) is 9.97 Å². The number of carbonyl (C=O) groups excluding carboxylic acids is 2. The average Bonchev–Trinajstić information content (AvgIpc) is 3.16. The third-order valence-electron chi connectivity index (χ3n) is 3.78. The van der Waals surface area contributed by atoms with Crippen LogP contribution < -0.4 is 10.1 Å². The highest BCUT2D eigenvalue weighted by Crippen LogP contribution is 2.25. The third-order valence-corrected chi connectivity index (χ3v) is 4.72. The van der Waals surface area contributed by atoms with Crippen molar-refractivity contribution in [2.24, 2.45) is 0 Å². The number of thiazole rings is 1. The minimum Gasteiger partial charge on any atom is -0.495 e. The summed E-state index contributed by atoms with van der Waals surface area (Å²) in [5.74, 6) is -0.420. The fourth-order valence-corrected chi connectivity index (χ4v) is 3.27. The number of nitrogens with zero attached hydrogens (tertiary/aromatic N) is 2. The van der Waals surface area contributed by atoms with Gasteiger partial charge in [0.25, 0.3) is 5.91 Å². The first-order chi connectivity index (χ1) is 13.5. The lowest BCUT2D eigenvalue weighted by Crippen LogP contribution is -2.22. The first-order valence-electron chi connectivity index (χ1n) is 8.50. The van der Waals surface area contributed by atoms with Gasteiger partial charge in [0.2, 0.25) is 0 Å². The van der Waals surface area contributed by atoms with Crippen molar-refractivity contribution in [1.29, 1.82) is 0 Å². The zero-order valence-electron chi connectivity index (χ0n) is 15.5. The molecule has 8 heteroatoms. The van der Waals surface area contributed by atoms with Crippen LogP contribution in [0.5, 0.6) is 5.75 Å². The minimum absolute atomic E-state index is 0.00217. The molecule has 0 aliphatic carbocycles. The van der Waals surface area contributed by atoms with Gasteiger partial charge in [0, 0.05) is 23.3 Å². The Hall–Kier alpha value is -3.26. The molecule has 3 aromatic rings. The highest BCUT2D eigenvalue weighted by Gasteiger charge is 2.13. The van der Waals surface area contributed by atoms with Crippen LogP contribution in [0.2, 0.25) is 0 Å². The van der Waals surface area contributed by atoms with Gasteiger partial charge in [-0.3, -0.25) is 14.6 Å². The molecule has 2 aromatic heterocycles. The molecule has 1 N–H and O–H groups in total. The second kappa shape index (κ2) is 9.09. The monoisotopic (exact) mass is 397 g/mol. The first-order valence-corrected chi connectivity index (χ1v) is 9.38. The van der Waals surface area contributed by atoms with Crippen molar-refractivity contribution in [3.8, 4) is 16.3 Å². The predicted octanol–water partition coefficient (Wildman–Crippen LogP) is 3.25. The lowest BCUT2D eigenvalue weighted by molar-refractivity contribution is -0.146. The van der Waals surface area contributed by atoms with Gasteiger partial charge in [0.1, 0.15) is 10.8 Å². The number of anilines is 1. The van der Waals surface area contributed by atoms with Crippen molar-refractivity contribution in [3.05, 3.63) is 59.4 Å². The number of aryl methyl sites for hydroxylation is 1. The van der Waals surface area contributed by atoms with Crippen molar-refractivity contribution >= 4 is 28.9 Å². The van der Waals surface area contributed by atoms with Gasteiger partial charge in [0.05, 0.1) is 24.9 Å². The average molecular weight is 397 g/mol. The fourth-order valence-electron chi connectivity index (χ4n) is 2.46. The van der Waals surface area contributed by atoms with E-state index in [2.05, 4.69) is 15.3 Å². The van der Waals surface area contributed by atoms with E-state index in [0.717, 1.165) is 16.1 Å². The molecule has 0 atom stereocenters. The van der Waals surface area contributed by atoms with Crippen molar-refractivity contribution in [3.63, 3.8) is 0 Å². The largest absolute Gasteiger partial charge is 0.495 e. The molecule has 1 amide bonds. The molecule has 7 nitrogen and oxygen atoms in total. The lowest BCUT2D eigenvalue weighted by atomic mass is 10.2. The Bertz CT molecular complexity index is 973. The maximum absolute atomic E-state index is 12.1. The number of ether oxygens (including phenoxy) is 2. The molecular formula is C20H19N3O4S. The van der Waals surface area contributed by atoms with Gasteiger partial charge in [-0.25, -0.2) is 4.98 Å². The molecule has 3 rings (SSSR count). The Balaban J connectivity index is 1.51. The van der Waals surface area contributed by atoms with E-state index in [1.807, 2.05) is 25.1 Å². The van der Waals surface area contributed by atoms with E-state index in [9.17, 15) is 9.59 Å². The maximum Gasteiger partial charge on any atom is 0.312 e. The van der Waals surface area contributed by atoms with Gasteiger partial charge in [-0.2, -0.15) is 0 Å². The lowest BCUT2D eigenvalue weighted by Gasteiger charge is -2.11. The molecule has 0 spiro atoms. The topological polar surface area (TPSA) is 90.4 Å². The van der Waals surface area contributed by atoms with Gasteiger partial charge in [-0.05, 0) is 36.8 Å². The smallest absolute Gasteiger partial charge is 0.312 e. The number of hydrogen-bond acceptors (Lipinski definition) is 7. The van der Waals surface area contributed by atoms with Crippen molar-refractivity contribution in [2.75, 3.05) is 19.0 Å². The van der Waals surface area contributed by atoms with Crippen LogP contribution in [0.1, 0.15) is 11.3 Å². The third kappa shape index (κ3) is 5.14. The zero-order valence-corrected chi connectivity index (χ0v) is 16.3. The molecule has 0 aliphatic rings. The molecule has 1 aromatic carbocycles. The van der Waals surface area contributed by atoms with E-state index in [4.69, 9.17) is 9.47 Å². The predicted molar refractivity (Wildman–Crippen MR) is 106 cm³/mol. The molecular weight excluding hydrogens is 378 g/mol. The fraction of sp³-hybridized carbons (Fsp3) is 0.200. The normalized spacial score (nSPS) is 10.4. The van der Waals surface area contributed by atoms with E-state index in [-0.39, 0.29) is 13.0 Å². The highest BCUT2D eigenvalue weighted by molar-refractivity contribution is 7.13. The molecule has 0 unspecified atom stereocenters. The summed E-state index contributed by atoms with van der Waals surface area (Å²) in [7, 11) is 1.52. The Labute approximate surface area is 166 Å². The van der Waals surface area contributed by atoms with Crippen LogP contribution in [-0.4, -0.2) is 35.6 Å². The Morgan fingerprint density at radius 3 is 2.86 bits per heavy atom. The van der Waals surface area contributed by atoms with Crippen molar-refractivity contribution in [2.45, 2.75) is 13.3 Å². The number of benzene rings is 1. The van der Waals surface area contributed by atoms with Gasteiger partial charge in [-0.1, -0.05) is 6.07 Å². The summed E-state index contributed by atoms with van der Waals surface area (Å²) in [6, 6.07) is 9.15. The number of esters is 1. The number of amides is 1. The van der Waals surface area contributed by atoms with E-state index >= 15 is 0 Å². The first kappa shape index (κ1) is 19.5. The number of pyridine rings is 1. The van der Waals surface area contributed by atoms with Crippen LogP contribution in [0.3, 0.4) is 0 Å². The number of methoxy groups -OCH3 is 1. The number of nitrogens with one attached hydrogen (secondary N) is 1. The summed E-state index contributed by atoms with van der Waals surface area (Å²) in [5.41, 5.74) is 2.98. The summed E-state index contributed by atoms with van der Waals surface area (Å²) in [6.45, 7) is 1.53. The van der Waals surface area contributed by atoms with Gasteiger partial charge >= 0.3 is 5.97 Å². The van der Waals surface area contributed by atoms with E-state index < -0.39 is 11.9 Å². The van der Waals surface area contributed by atoms with E-state index in [1.54, 1.807) is 29.9 Å². The summed E-state index contributed by atoms with van der Waals surface area (Å²) in [4.78, 5) is 32.6. The number of carbonyl (C=O) groups is 2. The molecule has 28 heavy (non-hydrogen) atoms. The molecule has 144 valence electrons. The SMILES string of the molecule is COc1ccc(C)cc1NC(=O)COC(=O)Cc1csc(-c2cccnc2)n1. The van der Waals surface area contributed by atoms with Crippen LogP contribution in [-0.2, 0) is 20.7 Å². The van der Waals surface area contributed by atoms with Crippen LogP contribution in [0, 0.1) is 6.92 Å². The molecule has 2 heterocycles. The molecule has 0 bridgehead atoms. The molecule has 0 saturated heterocycles. The Morgan fingerprint density at radius 2 is 2.11 bits per heavy atom.